The van der Waals surface area contributed by atoms with Crippen LogP contribution in [0.15, 0.2) is 71.4 Å². The summed E-state index contributed by atoms with van der Waals surface area (Å²) >= 11 is 1.52. The number of benzene rings is 2. The Labute approximate surface area is 174 Å². The van der Waals surface area contributed by atoms with Crippen molar-refractivity contribution in [2.24, 2.45) is 0 Å². The molecule has 2 aromatic heterocycles. The Balaban J connectivity index is 1.59. The van der Waals surface area contributed by atoms with Crippen LogP contribution >= 0.6 is 11.3 Å². The van der Waals surface area contributed by atoms with Crippen LogP contribution < -0.4 is 10.6 Å². The summed E-state index contributed by atoms with van der Waals surface area (Å²) in [6, 6.07) is 16.3. The first-order valence-electron chi connectivity index (χ1n) is 9.03. The van der Waals surface area contributed by atoms with Crippen molar-refractivity contribution in [2.75, 3.05) is 10.6 Å². The van der Waals surface area contributed by atoms with Crippen LogP contribution in [0.5, 0.6) is 0 Å². The molecule has 2 aromatic carbocycles. The molecule has 0 aliphatic carbocycles. The molecule has 0 bridgehead atoms. The molecule has 30 heavy (non-hydrogen) atoms. The lowest BCUT2D eigenvalue weighted by molar-refractivity contribution is -0.140. The van der Waals surface area contributed by atoms with Crippen LogP contribution in [0.3, 0.4) is 0 Å². The molecule has 0 saturated heterocycles. The second-order valence-electron chi connectivity index (χ2n) is 6.63. The first kappa shape index (κ1) is 19.9. The molecule has 152 valence electrons. The maximum Gasteiger partial charge on any atom is 0.433 e. The van der Waals surface area contributed by atoms with Crippen LogP contribution in [0.25, 0.3) is 10.9 Å². The number of hydrogen-bond donors (Lipinski definition) is 2. The van der Waals surface area contributed by atoms with Gasteiger partial charge in [-0.25, -0.2) is 4.98 Å². The van der Waals surface area contributed by atoms with Crippen molar-refractivity contribution in [2.45, 2.75) is 12.6 Å². The van der Waals surface area contributed by atoms with Gasteiger partial charge < -0.3 is 10.6 Å². The van der Waals surface area contributed by atoms with Gasteiger partial charge in [0.2, 0.25) is 5.91 Å². The number of carbonyl (C=O) groups excluding carboxylic acids is 1. The van der Waals surface area contributed by atoms with Gasteiger partial charge in [-0.1, -0.05) is 24.3 Å². The molecule has 0 aliphatic rings. The Hall–Kier alpha value is -3.39. The molecule has 8 heteroatoms. The molecule has 0 radical (unpaired) electrons. The van der Waals surface area contributed by atoms with E-state index in [1.165, 1.54) is 17.4 Å². The molecule has 2 N–H and O–H groups in total. The van der Waals surface area contributed by atoms with Gasteiger partial charge in [-0.3, -0.25) is 4.79 Å². The number of aromatic nitrogens is 1. The number of rotatable bonds is 5. The van der Waals surface area contributed by atoms with E-state index in [0.29, 0.717) is 16.8 Å². The summed E-state index contributed by atoms with van der Waals surface area (Å²) in [5.41, 5.74) is 1.59. The van der Waals surface area contributed by atoms with Crippen LogP contribution in [0.4, 0.5) is 30.2 Å². The normalized spacial score (nSPS) is 11.4. The van der Waals surface area contributed by atoms with Crippen molar-refractivity contribution in [1.82, 2.24) is 4.98 Å². The zero-order valence-electron chi connectivity index (χ0n) is 15.5. The molecule has 0 spiro atoms. The number of nitrogens with zero attached hydrogens (tertiary/aromatic N) is 1. The van der Waals surface area contributed by atoms with E-state index in [0.717, 1.165) is 11.6 Å². The molecule has 4 nitrogen and oxygen atoms in total. The SMILES string of the molecule is O=C(Cc1ccsc1)Nc1cccc(Nc2cc(C(F)(F)F)nc3ccccc23)c1. The Morgan fingerprint density at radius 1 is 1.00 bits per heavy atom. The molecular formula is C22H16F3N3OS. The van der Waals surface area contributed by atoms with E-state index in [2.05, 4.69) is 15.6 Å². The summed E-state index contributed by atoms with van der Waals surface area (Å²) < 4.78 is 39.8. The minimum atomic E-state index is -4.56. The lowest BCUT2D eigenvalue weighted by Gasteiger charge is -2.14. The zero-order chi connectivity index (χ0) is 21.1. The molecule has 0 fully saturated rings. The molecule has 4 rings (SSSR count). The number of carbonyl (C=O) groups is 1. The highest BCUT2D eigenvalue weighted by Gasteiger charge is 2.33. The van der Waals surface area contributed by atoms with E-state index < -0.39 is 11.9 Å². The Morgan fingerprint density at radius 3 is 2.57 bits per heavy atom. The predicted molar refractivity (Wildman–Crippen MR) is 113 cm³/mol. The lowest BCUT2D eigenvalue weighted by Crippen LogP contribution is -2.14. The largest absolute Gasteiger partial charge is 0.433 e. The summed E-state index contributed by atoms with van der Waals surface area (Å²) in [4.78, 5) is 15.9. The highest BCUT2D eigenvalue weighted by molar-refractivity contribution is 7.08. The van der Waals surface area contributed by atoms with Crippen LogP contribution in [-0.4, -0.2) is 10.9 Å². The standard InChI is InChI=1S/C22H16F3N3OS/c23-22(24,25)20-12-19(17-6-1-2-7-18(17)28-20)26-15-4-3-5-16(11-15)27-21(29)10-14-8-9-30-13-14/h1-9,11-13H,10H2,(H,26,28)(H,27,29). The fraction of sp³-hybridized carbons (Fsp3) is 0.0909. The number of thiophene rings is 1. The first-order valence-corrected chi connectivity index (χ1v) is 9.98. The number of pyridine rings is 1. The highest BCUT2D eigenvalue weighted by Crippen LogP contribution is 2.34. The summed E-state index contributed by atoms with van der Waals surface area (Å²) in [6.45, 7) is 0. The van der Waals surface area contributed by atoms with Crippen molar-refractivity contribution in [1.29, 1.82) is 0 Å². The quantitative estimate of drug-likeness (QED) is 0.396. The van der Waals surface area contributed by atoms with E-state index in [-0.39, 0.29) is 23.5 Å². The van der Waals surface area contributed by atoms with Crippen molar-refractivity contribution in [3.05, 3.63) is 82.7 Å². The predicted octanol–water partition coefficient (Wildman–Crippen LogP) is 6.24. The van der Waals surface area contributed by atoms with E-state index in [9.17, 15) is 18.0 Å². The maximum absolute atomic E-state index is 13.3. The topological polar surface area (TPSA) is 54.0 Å². The third-order valence-corrected chi connectivity index (χ3v) is 5.11. The monoisotopic (exact) mass is 427 g/mol. The van der Waals surface area contributed by atoms with Gasteiger partial charge in [0, 0.05) is 16.8 Å². The van der Waals surface area contributed by atoms with Gasteiger partial charge >= 0.3 is 6.18 Å². The summed E-state index contributed by atoms with van der Waals surface area (Å²) in [7, 11) is 0. The van der Waals surface area contributed by atoms with Crippen molar-refractivity contribution in [3.63, 3.8) is 0 Å². The number of fused-ring (bicyclic) bond motifs is 1. The minimum Gasteiger partial charge on any atom is -0.355 e. The number of hydrogen-bond acceptors (Lipinski definition) is 4. The van der Waals surface area contributed by atoms with E-state index in [1.54, 1.807) is 42.5 Å². The summed E-state index contributed by atoms with van der Waals surface area (Å²) in [5.74, 6) is -0.167. The van der Waals surface area contributed by atoms with E-state index in [4.69, 9.17) is 0 Å². The van der Waals surface area contributed by atoms with Gasteiger partial charge in [0.15, 0.2) is 0 Å². The molecular weight excluding hydrogens is 411 g/mol. The van der Waals surface area contributed by atoms with Crippen LogP contribution in [0.1, 0.15) is 11.3 Å². The van der Waals surface area contributed by atoms with Gasteiger partial charge in [0.25, 0.3) is 0 Å². The second-order valence-corrected chi connectivity index (χ2v) is 7.41. The average molecular weight is 427 g/mol. The second kappa shape index (κ2) is 8.16. The third-order valence-electron chi connectivity index (χ3n) is 4.38. The average Bonchev–Trinajstić information content (AvgIpc) is 3.20. The van der Waals surface area contributed by atoms with Crippen LogP contribution in [0.2, 0.25) is 0 Å². The fourth-order valence-corrected chi connectivity index (χ4v) is 3.71. The Bertz CT molecular complexity index is 1190. The smallest absolute Gasteiger partial charge is 0.355 e. The lowest BCUT2D eigenvalue weighted by atomic mass is 10.1. The number of para-hydroxylation sites is 1. The summed E-state index contributed by atoms with van der Waals surface area (Å²) in [5, 5.41) is 10.2. The van der Waals surface area contributed by atoms with Gasteiger partial charge in [-0.15, -0.1) is 0 Å². The number of halogens is 3. The Morgan fingerprint density at radius 2 is 1.80 bits per heavy atom. The van der Waals surface area contributed by atoms with E-state index >= 15 is 0 Å². The van der Waals surface area contributed by atoms with Gasteiger partial charge in [-0.2, -0.15) is 24.5 Å². The maximum atomic E-state index is 13.3. The summed E-state index contributed by atoms with van der Waals surface area (Å²) in [6.07, 6.45) is -4.30. The number of anilines is 3. The van der Waals surface area contributed by atoms with Crippen LogP contribution in [0, 0.1) is 0 Å². The highest BCUT2D eigenvalue weighted by atomic mass is 32.1. The molecule has 2 heterocycles. The van der Waals surface area contributed by atoms with E-state index in [1.807, 2.05) is 16.8 Å². The molecule has 0 aliphatic heterocycles. The molecule has 0 atom stereocenters. The fourth-order valence-electron chi connectivity index (χ4n) is 3.04. The number of nitrogens with one attached hydrogen (secondary N) is 2. The van der Waals surface area contributed by atoms with Crippen LogP contribution in [-0.2, 0) is 17.4 Å². The molecule has 1 amide bonds. The third kappa shape index (κ3) is 4.60. The number of alkyl halides is 3. The van der Waals surface area contributed by atoms with Crippen molar-refractivity contribution < 1.29 is 18.0 Å². The first-order chi connectivity index (χ1) is 14.4. The minimum absolute atomic E-state index is 0.167. The Kier molecular flexibility index (Phi) is 5.41. The van der Waals surface area contributed by atoms with Gasteiger partial charge in [0.1, 0.15) is 5.69 Å². The van der Waals surface area contributed by atoms with Crippen molar-refractivity contribution in [3.8, 4) is 0 Å². The van der Waals surface area contributed by atoms with Crippen molar-refractivity contribution >= 4 is 45.2 Å². The molecule has 0 unspecified atom stereocenters. The molecule has 4 aromatic rings. The van der Waals surface area contributed by atoms with Gasteiger partial charge in [-0.05, 0) is 52.7 Å². The number of amides is 1. The molecule has 0 saturated carbocycles. The zero-order valence-corrected chi connectivity index (χ0v) is 16.3. The van der Waals surface area contributed by atoms with Gasteiger partial charge in [0.05, 0.1) is 17.6 Å².